The molecule has 0 aromatic carbocycles. The van der Waals surface area contributed by atoms with E-state index in [2.05, 4.69) is 19.9 Å². The second kappa shape index (κ2) is 8.73. The third-order valence-corrected chi connectivity index (χ3v) is 6.22. The molecule has 168 valence electrons. The van der Waals surface area contributed by atoms with Crippen LogP contribution in [0.3, 0.4) is 0 Å². The Morgan fingerprint density at radius 1 is 1.09 bits per heavy atom. The fraction of sp³-hybridized carbons (Fsp3) is 0.524. The number of aromatic nitrogens is 4. The minimum absolute atomic E-state index is 0.0352. The summed E-state index contributed by atoms with van der Waals surface area (Å²) >= 11 is 0. The summed E-state index contributed by atoms with van der Waals surface area (Å²) < 4.78 is 14.3. The normalized spacial score (nSPS) is 22.1. The van der Waals surface area contributed by atoms with Gasteiger partial charge in [0.15, 0.2) is 11.6 Å². The first-order valence-corrected chi connectivity index (χ1v) is 10.9. The van der Waals surface area contributed by atoms with E-state index >= 15 is 0 Å². The van der Waals surface area contributed by atoms with E-state index in [-0.39, 0.29) is 29.6 Å². The third kappa shape index (κ3) is 3.88. The Bertz CT molecular complexity index is 1000. The van der Waals surface area contributed by atoms with Crippen LogP contribution < -0.4 is 9.80 Å². The van der Waals surface area contributed by atoms with Crippen molar-refractivity contribution >= 4 is 23.6 Å². The van der Waals surface area contributed by atoms with E-state index in [9.17, 15) is 14.0 Å². The molecule has 3 aliphatic rings. The van der Waals surface area contributed by atoms with Gasteiger partial charge < -0.3 is 4.90 Å². The van der Waals surface area contributed by atoms with Gasteiger partial charge in [0.1, 0.15) is 6.04 Å². The lowest BCUT2D eigenvalue weighted by atomic mass is 9.95. The van der Waals surface area contributed by atoms with Gasteiger partial charge in [-0.25, -0.2) is 14.4 Å². The zero-order chi connectivity index (χ0) is 22.1. The number of hydrogen-bond acceptors (Lipinski definition) is 8. The Kier molecular flexibility index (Phi) is 5.64. The molecule has 0 spiro atoms. The van der Waals surface area contributed by atoms with Gasteiger partial charge in [0.2, 0.25) is 17.8 Å². The molecule has 5 rings (SSSR count). The van der Waals surface area contributed by atoms with Crippen molar-refractivity contribution in [2.45, 2.75) is 38.1 Å². The van der Waals surface area contributed by atoms with Crippen molar-refractivity contribution in [1.29, 1.82) is 0 Å². The highest BCUT2D eigenvalue weighted by Gasteiger charge is 2.38. The summed E-state index contributed by atoms with van der Waals surface area (Å²) in [6, 6.07) is -0.227. The molecule has 5 heterocycles. The second-order valence-corrected chi connectivity index (χ2v) is 8.18. The zero-order valence-electron chi connectivity index (χ0n) is 17.6. The number of carbonyl (C=O) groups is 2. The molecule has 0 saturated carbocycles. The maximum atomic E-state index is 14.3. The van der Waals surface area contributed by atoms with Crippen molar-refractivity contribution in [1.82, 2.24) is 25.0 Å². The molecule has 0 radical (unpaired) electrons. The Balaban J connectivity index is 1.24. The molecule has 32 heavy (non-hydrogen) atoms. The smallest absolute Gasteiger partial charge is 0.250 e. The van der Waals surface area contributed by atoms with Crippen LogP contribution in [0.5, 0.6) is 0 Å². The van der Waals surface area contributed by atoms with Gasteiger partial charge in [-0.05, 0) is 19.3 Å². The lowest BCUT2D eigenvalue weighted by Gasteiger charge is -2.34. The predicted molar refractivity (Wildman–Crippen MR) is 111 cm³/mol. The minimum atomic E-state index is -0.602. The number of anilines is 2. The lowest BCUT2D eigenvalue weighted by Crippen LogP contribution is -2.42. The first-order valence-electron chi connectivity index (χ1n) is 10.9. The summed E-state index contributed by atoms with van der Waals surface area (Å²) in [5, 5.41) is 1.45. The molecular weight excluding hydrogens is 417 g/mol. The van der Waals surface area contributed by atoms with Crippen LogP contribution in [-0.4, -0.2) is 63.1 Å². The average molecular weight is 441 g/mol. The van der Waals surface area contributed by atoms with Crippen molar-refractivity contribution in [3.63, 3.8) is 0 Å². The molecule has 2 aromatic heterocycles. The highest BCUT2D eigenvalue weighted by Crippen LogP contribution is 2.33. The van der Waals surface area contributed by atoms with Gasteiger partial charge in [0.25, 0.3) is 0 Å². The van der Waals surface area contributed by atoms with Crippen molar-refractivity contribution in [3.8, 4) is 0 Å². The Morgan fingerprint density at radius 2 is 1.94 bits per heavy atom. The summed E-state index contributed by atoms with van der Waals surface area (Å²) in [7, 11) is 0. The van der Waals surface area contributed by atoms with Gasteiger partial charge in [0.05, 0.1) is 24.7 Å². The van der Waals surface area contributed by atoms with Crippen molar-refractivity contribution in [2.24, 2.45) is 5.92 Å². The molecule has 0 N–H and O–H groups in total. The quantitative estimate of drug-likeness (QED) is 0.706. The first-order chi connectivity index (χ1) is 15.6. The van der Waals surface area contributed by atoms with Crippen LogP contribution in [0.25, 0.3) is 0 Å². The fourth-order valence-electron chi connectivity index (χ4n) is 4.51. The molecule has 10 nitrogen and oxygen atoms in total. The number of hydroxylamine groups is 2. The third-order valence-electron chi connectivity index (χ3n) is 6.22. The summed E-state index contributed by atoms with van der Waals surface area (Å²) in [6.07, 6.45) is 8.98. The summed E-state index contributed by atoms with van der Waals surface area (Å²) in [6.45, 7) is 2.04. The Morgan fingerprint density at radius 3 is 2.66 bits per heavy atom. The Labute approximate surface area is 184 Å². The number of carbonyl (C=O) groups excluding carboxylic acids is 2. The zero-order valence-corrected chi connectivity index (χ0v) is 17.6. The first kappa shape index (κ1) is 20.7. The largest absolute Gasteiger partial charge is 0.341 e. The molecule has 0 aliphatic carbocycles. The van der Waals surface area contributed by atoms with Gasteiger partial charge in [-0.2, -0.15) is 4.98 Å². The summed E-state index contributed by atoms with van der Waals surface area (Å²) in [4.78, 5) is 51.0. The van der Waals surface area contributed by atoms with Crippen LogP contribution in [0, 0.1) is 11.7 Å². The molecule has 2 amide bonds. The van der Waals surface area contributed by atoms with E-state index in [1.807, 2.05) is 4.90 Å². The van der Waals surface area contributed by atoms with Gasteiger partial charge >= 0.3 is 0 Å². The maximum absolute atomic E-state index is 14.3. The molecule has 3 aliphatic heterocycles. The van der Waals surface area contributed by atoms with Crippen LogP contribution in [0.2, 0.25) is 0 Å². The van der Waals surface area contributed by atoms with E-state index in [1.54, 1.807) is 18.6 Å². The number of piperidine rings is 1. The molecule has 3 saturated heterocycles. The highest BCUT2D eigenvalue weighted by atomic mass is 19.1. The molecule has 1 atom stereocenters. The SMILES string of the molecule is O=C1CCCN1c1nc(N2CCC(C(=O)N3OCC[C@H]3c3cnccn3)CC2)ncc1F. The van der Waals surface area contributed by atoms with E-state index in [4.69, 9.17) is 4.84 Å². The van der Waals surface area contributed by atoms with Crippen molar-refractivity contribution < 1.29 is 18.8 Å². The molecule has 2 aromatic rings. The minimum Gasteiger partial charge on any atom is -0.341 e. The number of nitrogens with zero attached hydrogens (tertiary/aromatic N) is 7. The maximum Gasteiger partial charge on any atom is 0.250 e. The number of halogens is 1. The summed E-state index contributed by atoms with van der Waals surface area (Å²) in [5.74, 6) is -0.559. The average Bonchev–Trinajstić information content (AvgIpc) is 3.49. The van der Waals surface area contributed by atoms with Crippen molar-refractivity contribution in [2.75, 3.05) is 36.0 Å². The van der Waals surface area contributed by atoms with E-state index in [0.717, 1.165) is 11.9 Å². The van der Waals surface area contributed by atoms with E-state index in [0.29, 0.717) is 64.3 Å². The lowest BCUT2D eigenvalue weighted by molar-refractivity contribution is -0.182. The van der Waals surface area contributed by atoms with Crippen LogP contribution >= 0.6 is 0 Å². The molecule has 3 fully saturated rings. The molecule has 11 heteroatoms. The molecule has 0 bridgehead atoms. The molecule has 0 unspecified atom stereocenters. The van der Waals surface area contributed by atoms with Gasteiger partial charge in [-0.15, -0.1) is 0 Å². The predicted octanol–water partition coefficient (Wildman–Crippen LogP) is 1.65. The van der Waals surface area contributed by atoms with Gasteiger partial charge in [0, 0.05) is 50.8 Å². The van der Waals surface area contributed by atoms with Crippen LogP contribution in [0.15, 0.2) is 24.8 Å². The van der Waals surface area contributed by atoms with Crippen LogP contribution in [0.1, 0.15) is 43.8 Å². The number of amides is 2. The standard InChI is InChI=1S/C21H24FN7O3/c22-15-12-25-21(26-19(15)28-8-1-2-18(28)30)27-9-3-14(4-10-27)20(31)29-17(5-11-32-29)16-13-23-6-7-24-16/h6-7,12-14,17H,1-5,8-11H2/t17-/m0/s1. The molecular formula is C21H24FN7O3. The monoisotopic (exact) mass is 441 g/mol. The number of hydrogen-bond donors (Lipinski definition) is 0. The highest BCUT2D eigenvalue weighted by molar-refractivity contribution is 5.94. The Hall–Kier alpha value is -3.21. The number of rotatable bonds is 4. The summed E-state index contributed by atoms with van der Waals surface area (Å²) in [5.41, 5.74) is 0.722. The van der Waals surface area contributed by atoms with Gasteiger partial charge in [-0.3, -0.25) is 29.3 Å². The fourth-order valence-corrected chi connectivity index (χ4v) is 4.51. The second-order valence-electron chi connectivity index (χ2n) is 8.18. The van der Waals surface area contributed by atoms with E-state index in [1.165, 1.54) is 9.96 Å². The van der Waals surface area contributed by atoms with Crippen LogP contribution in [-0.2, 0) is 14.4 Å². The van der Waals surface area contributed by atoms with Crippen molar-refractivity contribution in [3.05, 3.63) is 36.3 Å². The van der Waals surface area contributed by atoms with Gasteiger partial charge in [-0.1, -0.05) is 0 Å². The van der Waals surface area contributed by atoms with E-state index < -0.39 is 5.82 Å². The van der Waals surface area contributed by atoms with Crippen LogP contribution in [0.4, 0.5) is 16.2 Å². The topological polar surface area (TPSA) is 105 Å².